The Bertz CT molecular complexity index is 1060. The molecule has 1 fully saturated rings. The van der Waals surface area contributed by atoms with Gasteiger partial charge in [-0.2, -0.15) is 5.10 Å². The van der Waals surface area contributed by atoms with Crippen LogP contribution in [0, 0.1) is 0 Å². The van der Waals surface area contributed by atoms with Crippen molar-refractivity contribution < 1.29 is 24.8 Å². The average Bonchev–Trinajstić information content (AvgIpc) is 3.26. The lowest BCUT2D eigenvalue weighted by Gasteiger charge is -2.18. The van der Waals surface area contributed by atoms with Crippen molar-refractivity contribution >= 4 is 29.1 Å². The third kappa shape index (κ3) is 3.52. The first-order chi connectivity index (χ1) is 14.5. The molecule has 12 heteroatoms. The van der Waals surface area contributed by atoms with Gasteiger partial charge < -0.3 is 30.5 Å². The zero-order valence-corrected chi connectivity index (χ0v) is 16.0. The lowest BCUT2D eigenvalue weighted by molar-refractivity contribution is -0.0501. The first-order valence-corrected chi connectivity index (χ1v) is 9.07. The highest BCUT2D eigenvalue weighted by atomic mass is 16.6. The van der Waals surface area contributed by atoms with Crippen molar-refractivity contribution in [2.24, 2.45) is 5.10 Å². The number of nitrogens with two attached hydrogens (primary N) is 1. The highest BCUT2D eigenvalue weighted by molar-refractivity contribution is 5.84. The van der Waals surface area contributed by atoms with Gasteiger partial charge in [0, 0.05) is 0 Å². The molecule has 158 valence electrons. The SMILES string of the molecule is COc1ccc(/C=N\Nc2nc3c(N)ncnc3n2[C@@H]2O[C@@H](CO)[C@@H](O)[C@H]2O)cc1. The molecule has 2 aromatic heterocycles. The second-order valence-electron chi connectivity index (χ2n) is 6.61. The van der Waals surface area contributed by atoms with Gasteiger partial charge in [0.15, 0.2) is 23.2 Å². The number of hydrazone groups is 1. The minimum absolute atomic E-state index is 0.132. The first-order valence-electron chi connectivity index (χ1n) is 9.07. The molecular weight excluding hydrogens is 394 g/mol. The second kappa shape index (κ2) is 8.20. The van der Waals surface area contributed by atoms with Gasteiger partial charge in [-0.3, -0.25) is 4.57 Å². The predicted molar refractivity (Wildman–Crippen MR) is 107 cm³/mol. The normalized spacial score (nSPS) is 24.0. The molecule has 1 aliphatic rings. The van der Waals surface area contributed by atoms with E-state index in [9.17, 15) is 15.3 Å². The molecular formula is C18H21N7O5. The smallest absolute Gasteiger partial charge is 0.228 e. The monoisotopic (exact) mass is 415 g/mol. The summed E-state index contributed by atoms with van der Waals surface area (Å²) in [5.74, 6) is 1.02. The van der Waals surface area contributed by atoms with Crippen LogP contribution in [0.3, 0.4) is 0 Å². The fraction of sp³-hybridized carbons (Fsp3) is 0.333. The van der Waals surface area contributed by atoms with Gasteiger partial charge in [0.25, 0.3) is 0 Å². The van der Waals surface area contributed by atoms with Gasteiger partial charge in [0.05, 0.1) is 19.9 Å². The first kappa shape index (κ1) is 20.0. The van der Waals surface area contributed by atoms with Crippen molar-refractivity contribution in [3.05, 3.63) is 36.2 Å². The number of nitrogen functional groups attached to an aromatic ring is 1. The number of nitrogens with zero attached hydrogens (tertiary/aromatic N) is 5. The van der Waals surface area contributed by atoms with E-state index in [1.807, 2.05) is 12.1 Å². The second-order valence-corrected chi connectivity index (χ2v) is 6.61. The molecule has 0 unspecified atom stereocenters. The number of nitrogens with one attached hydrogen (secondary N) is 1. The van der Waals surface area contributed by atoms with Gasteiger partial charge in [-0.05, 0) is 29.8 Å². The van der Waals surface area contributed by atoms with E-state index in [2.05, 4.69) is 25.5 Å². The molecule has 12 nitrogen and oxygen atoms in total. The molecule has 4 atom stereocenters. The van der Waals surface area contributed by atoms with Gasteiger partial charge in [-0.15, -0.1) is 0 Å². The standard InChI is InChI=1S/C18H21N7O5/c1-29-10-4-2-9(3-5-10)6-22-24-18-23-12-15(19)20-8-21-16(12)25(18)17-14(28)13(27)11(7-26)30-17/h2-6,8,11,13-14,17,26-28H,7H2,1H3,(H,23,24)(H2,19,20,21)/b22-6-/t11-,13+,14+,17+/m0/s1. The quantitative estimate of drug-likeness (QED) is 0.260. The van der Waals surface area contributed by atoms with Crippen LogP contribution in [0.1, 0.15) is 11.8 Å². The number of benzene rings is 1. The molecule has 1 saturated heterocycles. The lowest BCUT2D eigenvalue weighted by Crippen LogP contribution is -2.33. The number of ether oxygens (including phenoxy) is 2. The Balaban J connectivity index is 1.68. The summed E-state index contributed by atoms with van der Waals surface area (Å²) in [5.41, 5.74) is 10.0. The molecule has 0 amide bonds. The fourth-order valence-corrected chi connectivity index (χ4v) is 3.19. The Labute approximate surface area is 170 Å². The van der Waals surface area contributed by atoms with E-state index in [0.717, 1.165) is 11.3 Å². The summed E-state index contributed by atoms with van der Waals surface area (Å²) in [6.45, 7) is -0.461. The van der Waals surface area contributed by atoms with Crippen molar-refractivity contribution in [3.63, 3.8) is 0 Å². The van der Waals surface area contributed by atoms with Crippen LogP contribution < -0.4 is 15.9 Å². The topological polar surface area (TPSA) is 173 Å². The highest BCUT2D eigenvalue weighted by Crippen LogP contribution is 2.35. The molecule has 1 aromatic carbocycles. The minimum Gasteiger partial charge on any atom is -0.497 e. The summed E-state index contributed by atoms with van der Waals surface area (Å²) in [6, 6.07) is 7.24. The summed E-state index contributed by atoms with van der Waals surface area (Å²) < 4.78 is 12.2. The molecule has 1 aliphatic heterocycles. The van der Waals surface area contributed by atoms with E-state index in [-0.39, 0.29) is 22.9 Å². The van der Waals surface area contributed by atoms with Crippen molar-refractivity contribution in [2.45, 2.75) is 24.5 Å². The highest BCUT2D eigenvalue weighted by Gasteiger charge is 2.45. The average molecular weight is 415 g/mol. The van der Waals surface area contributed by atoms with E-state index in [1.165, 1.54) is 10.9 Å². The van der Waals surface area contributed by atoms with Crippen LogP contribution in [-0.2, 0) is 4.74 Å². The predicted octanol–water partition coefficient (Wildman–Crippen LogP) is -0.525. The summed E-state index contributed by atoms with van der Waals surface area (Å²) >= 11 is 0. The minimum atomic E-state index is -1.33. The van der Waals surface area contributed by atoms with Crippen LogP contribution in [-0.4, -0.2) is 73.1 Å². The van der Waals surface area contributed by atoms with E-state index in [1.54, 1.807) is 25.5 Å². The fourth-order valence-electron chi connectivity index (χ4n) is 3.19. The number of fused-ring (bicyclic) bond motifs is 1. The molecule has 3 heterocycles. The Morgan fingerprint density at radius 3 is 2.70 bits per heavy atom. The van der Waals surface area contributed by atoms with Crippen LogP contribution in [0.4, 0.5) is 11.8 Å². The van der Waals surface area contributed by atoms with Crippen molar-refractivity contribution in [1.29, 1.82) is 0 Å². The summed E-state index contributed by atoms with van der Waals surface area (Å²) in [4.78, 5) is 12.4. The van der Waals surface area contributed by atoms with E-state index in [4.69, 9.17) is 15.2 Å². The van der Waals surface area contributed by atoms with Crippen molar-refractivity contribution in [2.75, 3.05) is 24.9 Å². The molecule has 0 saturated carbocycles. The number of imidazole rings is 1. The molecule has 0 aliphatic carbocycles. The van der Waals surface area contributed by atoms with Crippen LogP contribution in [0.5, 0.6) is 5.75 Å². The van der Waals surface area contributed by atoms with Crippen molar-refractivity contribution in [1.82, 2.24) is 19.5 Å². The van der Waals surface area contributed by atoms with Gasteiger partial charge in [-0.1, -0.05) is 0 Å². The molecule has 0 bridgehead atoms. The summed E-state index contributed by atoms with van der Waals surface area (Å²) in [7, 11) is 1.58. The van der Waals surface area contributed by atoms with E-state index in [0.29, 0.717) is 0 Å². The maximum Gasteiger partial charge on any atom is 0.228 e. The Morgan fingerprint density at radius 1 is 1.27 bits per heavy atom. The largest absolute Gasteiger partial charge is 0.497 e. The van der Waals surface area contributed by atoms with Gasteiger partial charge in [-0.25, -0.2) is 20.4 Å². The van der Waals surface area contributed by atoms with E-state index >= 15 is 0 Å². The number of hydrogen-bond donors (Lipinski definition) is 5. The van der Waals surface area contributed by atoms with E-state index < -0.39 is 31.1 Å². The number of aliphatic hydroxyl groups is 3. The molecule has 30 heavy (non-hydrogen) atoms. The zero-order chi connectivity index (χ0) is 21.3. The zero-order valence-electron chi connectivity index (χ0n) is 16.0. The number of rotatable bonds is 6. The van der Waals surface area contributed by atoms with Crippen LogP contribution in [0.2, 0.25) is 0 Å². The number of methoxy groups -OCH3 is 1. The summed E-state index contributed by atoms with van der Waals surface area (Å²) in [5, 5.41) is 34.1. The molecule has 4 rings (SSSR count). The van der Waals surface area contributed by atoms with Crippen molar-refractivity contribution in [3.8, 4) is 5.75 Å². The third-order valence-corrected chi connectivity index (χ3v) is 4.77. The van der Waals surface area contributed by atoms with Crippen LogP contribution >= 0.6 is 0 Å². The molecule has 6 N–H and O–H groups in total. The van der Waals surface area contributed by atoms with Crippen LogP contribution in [0.15, 0.2) is 35.7 Å². The number of aromatic nitrogens is 4. The summed E-state index contributed by atoms with van der Waals surface area (Å²) in [6.07, 6.45) is -1.83. The van der Waals surface area contributed by atoms with Gasteiger partial charge in [0.1, 0.15) is 30.4 Å². The Morgan fingerprint density at radius 2 is 2.03 bits per heavy atom. The van der Waals surface area contributed by atoms with Crippen LogP contribution in [0.25, 0.3) is 11.2 Å². The van der Waals surface area contributed by atoms with Gasteiger partial charge in [0.2, 0.25) is 5.95 Å². The maximum absolute atomic E-state index is 10.4. The number of anilines is 2. The molecule has 0 spiro atoms. The number of aliphatic hydroxyl groups excluding tert-OH is 3. The Hall–Kier alpha value is -3.32. The third-order valence-electron chi connectivity index (χ3n) is 4.77. The van der Waals surface area contributed by atoms with Gasteiger partial charge >= 0.3 is 0 Å². The Kier molecular flexibility index (Phi) is 5.46. The molecule has 3 aromatic rings. The number of hydrogen-bond acceptors (Lipinski definition) is 11. The molecule has 0 radical (unpaired) electrons. The lowest BCUT2D eigenvalue weighted by atomic mass is 10.1. The maximum atomic E-state index is 10.4.